The molecule has 1 aliphatic carbocycles. The first-order valence-corrected chi connectivity index (χ1v) is 14.5. The Morgan fingerprint density at radius 1 is 1.10 bits per heavy atom. The third-order valence-electron chi connectivity index (χ3n) is 8.22. The van der Waals surface area contributed by atoms with Gasteiger partial charge in [-0.05, 0) is 61.2 Å². The molecule has 2 aromatic carbocycles. The second-order valence-electron chi connectivity index (χ2n) is 10.8. The van der Waals surface area contributed by atoms with E-state index >= 15 is 0 Å². The molecule has 0 saturated heterocycles. The van der Waals surface area contributed by atoms with E-state index in [0.29, 0.717) is 34.1 Å². The third-order valence-corrected chi connectivity index (χ3v) is 8.91. The number of hydrogen-bond donors (Lipinski definition) is 1. The number of nitrogens with zero attached hydrogens (tertiary/aromatic N) is 4. The average molecular weight is 642 g/mol. The summed E-state index contributed by atoms with van der Waals surface area (Å²) in [7, 11) is 1.55. The molecule has 4 aromatic rings. The van der Waals surface area contributed by atoms with E-state index < -0.39 is 17.6 Å². The Bertz CT molecular complexity index is 1770. The highest BCUT2D eigenvalue weighted by molar-refractivity contribution is 9.10. The summed E-state index contributed by atoms with van der Waals surface area (Å²) in [5.41, 5.74) is 2.33. The Balaban J connectivity index is 1.43. The van der Waals surface area contributed by atoms with Gasteiger partial charge in [-0.25, -0.2) is 4.52 Å². The van der Waals surface area contributed by atoms with E-state index in [9.17, 15) is 27.6 Å². The molecule has 12 heteroatoms. The summed E-state index contributed by atoms with van der Waals surface area (Å²) in [6, 6.07) is 10.2. The summed E-state index contributed by atoms with van der Waals surface area (Å²) in [6.07, 6.45) is 1.47. The van der Waals surface area contributed by atoms with Crippen molar-refractivity contribution in [2.75, 3.05) is 13.6 Å². The maximum absolute atomic E-state index is 14.1. The molecule has 6 rings (SSSR count). The first kappa shape index (κ1) is 28.2. The van der Waals surface area contributed by atoms with Crippen molar-refractivity contribution in [2.24, 2.45) is 5.92 Å². The van der Waals surface area contributed by atoms with Crippen LogP contribution < -0.4 is 10.9 Å². The number of alkyl halides is 3. The molecule has 1 aliphatic heterocycles. The largest absolute Gasteiger partial charge is 0.417 e. The van der Waals surface area contributed by atoms with Crippen LogP contribution in [-0.4, -0.2) is 44.5 Å². The van der Waals surface area contributed by atoms with Crippen LogP contribution in [0, 0.1) is 5.92 Å². The quantitative estimate of drug-likeness (QED) is 0.326. The maximum atomic E-state index is 14.1. The van der Waals surface area contributed by atoms with E-state index in [1.807, 2.05) is 0 Å². The van der Waals surface area contributed by atoms with Crippen molar-refractivity contribution >= 4 is 33.4 Å². The monoisotopic (exact) mass is 641 g/mol. The Hall–Kier alpha value is -3.93. The Kier molecular flexibility index (Phi) is 7.20. The maximum Gasteiger partial charge on any atom is 0.417 e. The van der Waals surface area contributed by atoms with Gasteiger partial charge < -0.3 is 10.2 Å². The van der Waals surface area contributed by atoms with Gasteiger partial charge in [0.1, 0.15) is 5.65 Å². The number of halogens is 4. The van der Waals surface area contributed by atoms with Crippen LogP contribution in [0.5, 0.6) is 0 Å². The lowest BCUT2D eigenvalue weighted by atomic mass is 9.81. The lowest BCUT2D eigenvalue weighted by Crippen LogP contribution is -2.41. The molecule has 2 aliphatic rings. The van der Waals surface area contributed by atoms with E-state index in [4.69, 9.17) is 0 Å². The van der Waals surface area contributed by atoms with Gasteiger partial charge >= 0.3 is 6.18 Å². The van der Waals surface area contributed by atoms with Crippen LogP contribution in [-0.2, 0) is 25.6 Å². The molecular weight excluding hydrogens is 615 g/mol. The lowest BCUT2D eigenvalue weighted by molar-refractivity contribution is -0.138. The number of rotatable bonds is 5. The highest BCUT2D eigenvalue weighted by atomic mass is 79.9. The Morgan fingerprint density at radius 3 is 2.45 bits per heavy atom. The fraction of sp³-hybridized carbons (Fsp3) is 0.333. The summed E-state index contributed by atoms with van der Waals surface area (Å²) in [5.74, 6) is -0.300. The number of benzene rings is 2. The molecule has 0 unspecified atom stereocenters. The number of carbonyl (C=O) groups is 2. The molecular formula is C30H27BrF3N5O3. The SMILES string of the molecule is CNC(=O)c1ccc(-n2c(=O)c3c(n4ncc(CC5CCC5)c24)CN(C(=O)c2ccc(Br)c(C(F)(F)F)c2)CC3)cc1. The molecule has 2 aromatic heterocycles. The molecule has 42 heavy (non-hydrogen) atoms. The second-order valence-corrected chi connectivity index (χ2v) is 11.6. The summed E-state index contributed by atoms with van der Waals surface area (Å²) in [4.78, 5) is 41.0. The lowest BCUT2D eigenvalue weighted by Gasteiger charge is -2.30. The Labute approximate surface area is 247 Å². The van der Waals surface area contributed by atoms with Gasteiger partial charge in [-0.1, -0.05) is 35.2 Å². The number of amides is 2. The van der Waals surface area contributed by atoms with Crippen molar-refractivity contribution in [3.05, 3.63) is 97.0 Å². The van der Waals surface area contributed by atoms with E-state index in [1.54, 1.807) is 46.6 Å². The van der Waals surface area contributed by atoms with Gasteiger partial charge in [0.2, 0.25) is 0 Å². The minimum Gasteiger partial charge on any atom is -0.355 e. The molecule has 0 bridgehead atoms. The van der Waals surface area contributed by atoms with E-state index in [0.717, 1.165) is 37.3 Å². The van der Waals surface area contributed by atoms with Crippen molar-refractivity contribution in [3.63, 3.8) is 0 Å². The molecule has 0 atom stereocenters. The zero-order valence-corrected chi connectivity index (χ0v) is 24.3. The van der Waals surface area contributed by atoms with Crippen LogP contribution in [0.1, 0.15) is 62.4 Å². The van der Waals surface area contributed by atoms with Gasteiger partial charge in [-0.2, -0.15) is 18.3 Å². The number of fused-ring (bicyclic) bond motifs is 3. The van der Waals surface area contributed by atoms with E-state index in [1.165, 1.54) is 17.0 Å². The molecule has 218 valence electrons. The van der Waals surface area contributed by atoms with Crippen molar-refractivity contribution < 1.29 is 22.8 Å². The minimum absolute atomic E-state index is 0.0261. The first-order chi connectivity index (χ1) is 20.1. The van der Waals surface area contributed by atoms with Crippen LogP contribution in [0.25, 0.3) is 11.3 Å². The van der Waals surface area contributed by atoms with Crippen molar-refractivity contribution in [1.82, 2.24) is 24.4 Å². The molecule has 1 N–H and O–H groups in total. The van der Waals surface area contributed by atoms with Crippen LogP contribution >= 0.6 is 15.9 Å². The number of hydrogen-bond acceptors (Lipinski definition) is 4. The van der Waals surface area contributed by atoms with Crippen LogP contribution in [0.15, 0.2) is 57.9 Å². The van der Waals surface area contributed by atoms with Gasteiger partial charge in [0.15, 0.2) is 0 Å². The van der Waals surface area contributed by atoms with Crippen LogP contribution in [0.3, 0.4) is 0 Å². The zero-order chi connectivity index (χ0) is 29.8. The molecule has 0 spiro atoms. The summed E-state index contributed by atoms with van der Waals surface area (Å²) < 4.78 is 43.7. The molecule has 1 fully saturated rings. The fourth-order valence-electron chi connectivity index (χ4n) is 5.74. The highest BCUT2D eigenvalue weighted by Crippen LogP contribution is 2.36. The summed E-state index contributed by atoms with van der Waals surface area (Å²) in [5, 5.41) is 7.24. The number of carbonyl (C=O) groups excluding carboxylic acids is 2. The van der Waals surface area contributed by atoms with E-state index in [2.05, 4.69) is 26.3 Å². The van der Waals surface area contributed by atoms with Gasteiger partial charge in [0.25, 0.3) is 17.4 Å². The van der Waals surface area contributed by atoms with Crippen molar-refractivity contribution in [3.8, 4) is 5.69 Å². The predicted molar refractivity (Wildman–Crippen MR) is 153 cm³/mol. The third kappa shape index (κ3) is 4.91. The summed E-state index contributed by atoms with van der Waals surface area (Å²) in [6.45, 7) is 0.189. The number of aromatic nitrogens is 3. The van der Waals surface area contributed by atoms with E-state index in [-0.39, 0.29) is 41.0 Å². The average Bonchev–Trinajstić information content (AvgIpc) is 3.37. The van der Waals surface area contributed by atoms with Crippen molar-refractivity contribution in [1.29, 1.82) is 0 Å². The highest BCUT2D eigenvalue weighted by Gasteiger charge is 2.35. The minimum atomic E-state index is -4.62. The molecule has 1 saturated carbocycles. The van der Waals surface area contributed by atoms with Gasteiger partial charge in [0.05, 0.1) is 29.7 Å². The standard InChI is InChI=1S/C30H27BrF3N5O3/c1-35-26(40)18-5-8-21(9-6-18)38-27-20(13-17-3-2-4-17)15-36-39(27)25-16-37(12-11-22(25)29(38)42)28(41)19-7-10-24(31)23(14-19)30(32,33)34/h5-10,14-15,17H,2-4,11-13,16H2,1H3,(H,35,40). The normalized spacial score (nSPS) is 15.4. The fourth-order valence-corrected chi connectivity index (χ4v) is 6.21. The van der Waals surface area contributed by atoms with Crippen LogP contribution in [0.2, 0.25) is 0 Å². The van der Waals surface area contributed by atoms with Crippen molar-refractivity contribution in [2.45, 2.75) is 44.8 Å². The first-order valence-electron chi connectivity index (χ1n) is 13.7. The zero-order valence-electron chi connectivity index (χ0n) is 22.7. The second kappa shape index (κ2) is 10.7. The smallest absolute Gasteiger partial charge is 0.355 e. The Morgan fingerprint density at radius 2 is 1.81 bits per heavy atom. The predicted octanol–water partition coefficient (Wildman–Crippen LogP) is 5.17. The van der Waals surface area contributed by atoms with Crippen LogP contribution in [0.4, 0.5) is 13.2 Å². The molecule has 2 amide bonds. The van der Waals surface area contributed by atoms with Gasteiger partial charge in [-0.15, -0.1) is 0 Å². The van der Waals surface area contributed by atoms with Gasteiger partial charge in [0, 0.05) is 40.3 Å². The topological polar surface area (TPSA) is 88.7 Å². The summed E-state index contributed by atoms with van der Waals surface area (Å²) >= 11 is 2.92. The number of nitrogens with one attached hydrogen (secondary N) is 1. The molecule has 0 radical (unpaired) electrons. The molecule has 8 nitrogen and oxygen atoms in total. The van der Waals surface area contributed by atoms with Gasteiger partial charge in [-0.3, -0.25) is 19.0 Å². The molecule has 3 heterocycles.